The molecule has 1 radical (unpaired) electrons. The standard InChI is InChI=1S/C9H5N2O3.Re/c12-11(13)8-3-1-2-7(4-8)9-5-14-6-10-9;/h1-5H;/q-1;. The first-order valence-corrected chi connectivity index (χ1v) is 3.84. The molecule has 1 heterocycles. The molecule has 0 amide bonds. The van der Waals surface area contributed by atoms with Gasteiger partial charge in [0.25, 0.3) is 5.69 Å². The van der Waals surface area contributed by atoms with Crippen molar-refractivity contribution >= 4 is 5.69 Å². The first-order chi connectivity index (χ1) is 6.77. The van der Waals surface area contributed by atoms with Gasteiger partial charge in [-0.15, -0.1) is 0 Å². The van der Waals surface area contributed by atoms with Crippen LogP contribution in [0.3, 0.4) is 0 Å². The van der Waals surface area contributed by atoms with Crippen LogP contribution in [0.4, 0.5) is 5.69 Å². The van der Waals surface area contributed by atoms with Gasteiger partial charge in [-0.2, -0.15) is 0 Å². The van der Waals surface area contributed by atoms with Crippen LogP contribution in [-0.4, -0.2) is 9.91 Å². The number of non-ortho nitro benzene ring substituents is 1. The Bertz CT molecular complexity index is 456. The average Bonchev–Trinajstić information content (AvgIpc) is 2.71. The first kappa shape index (κ1) is 11.6. The molecule has 0 aliphatic rings. The van der Waals surface area contributed by atoms with Gasteiger partial charge in [-0.25, -0.2) is 0 Å². The van der Waals surface area contributed by atoms with Crippen LogP contribution in [0.25, 0.3) is 11.3 Å². The summed E-state index contributed by atoms with van der Waals surface area (Å²) in [4.78, 5) is 13.8. The molecule has 15 heavy (non-hydrogen) atoms. The number of hydrogen-bond acceptors (Lipinski definition) is 4. The Hall–Kier alpha value is -1.51. The van der Waals surface area contributed by atoms with Crippen molar-refractivity contribution in [2.45, 2.75) is 0 Å². The van der Waals surface area contributed by atoms with Crippen LogP contribution in [-0.2, 0) is 20.4 Å². The van der Waals surface area contributed by atoms with E-state index in [1.54, 1.807) is 12.1 Å². The normalized spacial score (nSPS) is 9.33. The third-order valence-corrected chi connectivity index (χ3v) is 1.74. The van der Waals surface area contributed by atoms with Crippen molar-refractivity contribution in [3.63, 3.8) is 0 Å². The van der Waals surface area contributed by atoms with E-state index in [9.17, 15) is 10.1 Å². The zero-order chi connectivity index (χ0) is 9.97. The molecule has 2 rings (SSSR count). The minimum Gasteiger partial charge on any atom is -0.581 e. The fourth-order valence-electron chi connectivity index (χ4n) is 1.10. The molecular formula is C9H5N2O3Re-. The molecule has 0 spiro atoms. The van der Waals surface area contributed by atoms with Crippen LogP contribution < -0.4 is 0 Å². The first-order valence-electron chi connectivity index (χ1n) is 3.84. The summed E-state index contributed by atoms with van der Waals surface area (Å²) < 4.78 is 4.66. The van der Waals surface area contributed by atoms with Crippen molar-refractivity contribution in [2.24, 2.45) is 0 Å². The van der Waals surface area contributed by atoms with Crippen molar-refractivity contribution in [3.8, 4) is 11.3 Å². The van der Waals surface area contributed by atoms with Crippen molar-refractivity contribution in [1.29, 1.82) is 0 Å². The molecule has 77 valence electrons. The van der Waals surface area contributed by atoms with Gasteiger partial charge in [-0.1, -0.05) is 17.7 Å². The maximum absolute atomic E-state index is 10.5. The zero-order valence-electron chi connectivity index (χ0n) is 7.38. The predicted octanol–water partition coefficient (Wildman–Crippen LogP) is 2.05. The third-order valence-electron chi connectivity index (χ3n) is 1.74. The summed E-state index contributed by atoms with van der Waals surface area (Å²) in [5.74, 6) is 0. The molecule has 0 saturated carbocycles. The maximum Gasteiger partial charge on any atom is 0.268 e. The van der Waals surface area contributed by atoms with E-state index in [1.165, 1.54) is 18.4 Å². The fourth-order valence-corrected chi connectivity index (χ4v) is 1.10. The molecule has 1 aromatic carbocycles. The van der Waals surface area contributed by atoms with Gasteiger partial charge >= 0.3 is 0 Å². The molecule has 0 unspecified atom stereocenters. The van der Waals surface area contributed by atoms with Crippen LogP contribution in [0, 0.1) is 16.5 Å². The monoisotopic (exact) mass is 376 g/mol. The van der Waals surface area contributed by atoms with Crippen molar-refractivity contribution in [1.82, 2.24) is 4.98 Å². The quantitative estimate of drug-likeness (QED) is 0.458. The summed E-state index contributed by atoms with van der Waals surface area (Å²) >= 11 is 0. The second kappa shape index (κ2) is 4.82. The SMILES string of the molecule is O=[N+]([O-])c1cccc(-c2co[c-]n2)c1.[Re]. The molecular weight excluding hydrogens is 370 g/mol. The molecule has 0 aliphatic heterocycles. The maximum atomic E-state index is 10.5. The summed E-state index contributed by atoms with van der Waals surface area (Å²) in [6.07, 6.45) is 3.67. The van der Waals surface area contributed by atoms with Crippen LogP contribution in [0.2, 0.25) is 0 Å². The Balaban J connectivity index is 0.00000112. The van der Waals surface area contributed by atoms with Gasteiger partial charge in [0, 0.05) is 32.6 Å². The van der Waals surface area contributed by atoms with Gasteiger partial charge in [-0.3, -0.25) is 10.1 Å². The number of nitro benzene ring substituents is 1. The van der Waals surface area contributed by atoms with Crippen molar-refractivity contribution in [3.05, 3.63) is 47.0 Å². The number of oxazole rings is 1. The Morgan fingerprint density at radius 1 is 1.47 bits per heavy atom. The number of aromatic nitrogens is 1. The zero-order valence-corrected chi connectivity index (χ0v) is 10.1. The van der Waals surface area contributed by atoms with Gasteiger partial charge in [0.15, 0.2) is 0 Å². The molecule has 6 heteroatoms. The number of hydrogen-bond donors (Lipinski definition) is 0. The average molecular weight is 375 g/mol. The van der Waals surface area contributed by atoms with E-state index >= 15 is 0 Å². The van der Waals surface area contributed by atoms with Crippen molar-refractivity contribution < 1.29 is 29.8 Å². The van der Waals surface area contributed by atoms with Crippen LogP contribution >= 0.6 is 0 Å². The van der Waals surface area contributed by atoms with E-state index in [0.29, 0.717) is 11.3 Å². The molecule has 1 aromatic heterocycles. The van der Waals surface area contributed by atoms with E-state index in [2.05, 4.69) is 15.8 Å². The molecule has 0 aliphatic carbocycles. The molecule has 0 atom stereocenters. The van der Waals surface area contributed by atoms with E-state index in [0.717, 1.165) is 0 Å². The smallest absolute Gasteiger partial charge is 0.268 e. The van der Waals surface area contributed by atoms with Crippen molar-refractivity contribution in [2.75, 3.05) is 0 Å². The summed E-state index contributed by atoms with van der Waals surface area (Å²) in [5, 5.41) is 10.5. The Kier molecular flexibility index (Phi) is 3.72. The van der Waals surface area contributed by atoms with Gasteiger partial charge in [-0.05, 0) is 12.0 Å². The molecule has 2 aromatic rings. The van der Waals surface area contributed by atoms with E-state index < -0.39 is 4.92 Å². The topological polar surface area (TPSA) is 69.2 Å². The number of nitrogens with zero attached hydrogens (tertiary/aromatic N) is 2. The molecule has 0 fully saturated rings. The number of benzene rings is 1. The largest absolute Gasteiger partial charge is 0.581 e. The Morgan fingerprint density at radius 2 is 2.27 bits per heavy atom. The second-order valence-corrected chi connectivity index (χ2v) is 2.63. The molecule has 0 bridgehead atoms. The summed E-state index contributed by atoms with van der Waals surface area (Å²) in [6, 6.07) is 6.18. The molecule has 0 saturated heterocycles. The minimum absolute atomic E-state index is 0. The molecule has 0 N–H and O–H groups in total. The predicted molar refractivity (Wildman–Crippen MR) is 47.4 cm³/mol. The Morgan fingerprint density at radius 3 is 2.87 bits per heavy atom. The van der Waals surface area contributed by atoms with Crippen LogP contribution in [0.5, 0.6) is 0 Å². The Labute approximate surface area is 98.9 Å². The van der Waals surface area contributed by atoms with Crippen LogP contribution in [0.15, 0.2) is 34.9 Å². The van der Waals surface area contributed by atoms with Crippen LogP contribution in [0.1, 0.15) is 0 Å². The van der Waals surface area contributed by atoms with Gasteiger partial charge in [0.2, 0.25) is 0 Å². The van der Waals surface area contributed by atoms with Gasteiger partial charge in [0.1, 0.15) is 6.39 Å². The summed E-state index contributed by atoms with van der Waals surface area (Å²) in [5.41, 5.74) is 1.21. The molecule has 5 nitrogen and oxygen atoms in total. The van der Waals surface area contributed by atoms with Gasteiger partial charge in [0.05, 0.1) is 4.92 Å². The minimum atomic E-state index is -0.451. The van der Waals surface area contributed by atoms with E-state index in [1.807, 2.05) is 0 Å². The van der Waals surface area contributed by atoms with E-state index in [-0.39, 0.29) is 26.1 Å². The third kappa shape index (κ3) is 2.49. The fraction of sp³-hybridized carbons (Fsp3) is 0. The number of nitro groups is 1. The summed E-state index contributed by atoms with van der Waals surface area (Å²) in [7, 11) is 0. The summed E-state index contributed by atoms with van der Waals surface area (Å²) in [6.45, 7) is 0. The number of rotatable bonds is 2. The van der Waals surface area contributed by atoms with E-state index in [4.69, 9.17) is 0 Å². The second-order valence-electron chi connectivity index (χ2n) is 2.63. The van der Waals surface area contributed by atoms with Gasteiger partial charge < -0.3 is 9.40 Å².